The van der Waals surface area contributed by atoms with Gasteiger partial charge in [0, 0.05) is 23.8 Å². The second kappa shape index (κ2) is 6.78. The van der Waals surface area contributed by atoms with E-state index in [0.717, 1.165) is 0 Å². The van der Waals surface area contributed by atoms with E-state index in [4.69, 9.17) is 22.1 Å². The highest BCUT2D eigenvalue weighted by molar-refractivity contribution is 6.31. The molecule has 0 saturated carbocycles. The van der Waals surface area contributed by atoms with Crippen LogP contribution in [0.5, 0.6) is 0 Å². The van der Waals surface area contributed by atoms with Gasteiger partial charge in [0.25, 0.3) is 5.91 Å². The van der Waals surface area contributed by atoms with Crippen LogP contribution in [-0.4, -0.2) is 49.1 Å². The van der Waals surface area contributed by atoms with E-state index < -0.39 is 11.9 Å². The van der Waals surface area contributed by atoms with Gasteiger partial charge in [-0.2, -0.15) is 0 Å². The maximum Gasteiger partial charge on any atom is 0.254 e. The molecule has 1 aliphatic rings. The molecule has 0 spiro atoms. The standard InChI is InChI=1S/C14H18ClN3O3/c1-9(14(20)18-4-6-21-7-5-18)17-13(19)11-8-10(15)2-3-12(11)16/h2-3,8-9H,4-7,16H2,1H3,(H,17,19). The van der Waals surface area contributed by atoms with E-state index in [9.17, 15) is 9.59 Å². The molecule has 0 radical (unpaired) electrons. The van der Waals surface area contributed by atoms with Crippen molar-refractivity contribution in [1.82, 2.24) is 10.2 Å². The van der Waals surface area contributed by atoms with E-state index in [0.29, 0.717) is 37.0 Å². The first-order valence-corrected chi connectivity index (χ1v) is 7.09. The Morgan fingerprint density at radius 1 is 1.38 bits per heavy atom. The van der Waals surface area contributed by atoms with Crippen molar-refractivity contribution in [3.05, 3.63) is 28.8 Å². The molecule has 3 N–H and O–H groups in total. The van der Waals surface area contributed by atoms with Gasteiger partial charge >= 0.3 is 0 Å². The molecule has 114 valence electrons. The predicted octanol–water partition coefficient (Wildman–Crippen LogP) is 0.899. The van der Waals surface area contributed by atoms with Crippen molar-refractivity contribution >= 4 is 29.1 Å². The molecule has 1 atom stereocenters. The van der Waals surface area contributed by atoms with Crippen molar-refractivity contribution in [2.75, 3.05) is 32.0 Å². The molecule has 2 amide bonds. The van der Waals surface area contributed by atoms with Gasteiger partial charge in [-0.25, -0.2) is 0 Å². The molecule has 1 saturated heterocycles. The third-order valence-corrected chi connectivity index (χ3v) is 3.54. The average molecular weight is 312 g/mol. The lowest BCUT2D eigenvalue weighted by atomic mass is 10.1. The van der Waals surface area contributed by atoms with Gasteiger partial charge in [-0.1, -0.05) is 11.6 Å². The number of nitrogens with one attached hydrogen (secondary N) is 1. The number of amides is 2. The van der Waals surface area contributed by atoms with Gasteiger partial charge in [0.1, 0.15) is 6.04 Å². The third-order valence-electron chi connectivity index (χ3n) is 3.30. The van der Waals surface area contributed by atoms with E-state index in [2.05, 4.69) is 5.32 Å². The molecule has 1 aromatic rings. The first-order valence-electron chi connectivity index (χ1n) is 6.71. The molecule has 1 aromatic carbocycles. The normalized spacial score (nSPS) is 16.4. The maximum absolute atomic E-state index is 12.2. The quantitative estimate of drug-likeness (QED) is 0.812. The molecule has 0 aliphatic carbocycles. The molecule has 0 bridgehead atoms. The highest BCUT2D eigenvalue weighted by atomic mass is 35.5. The summed E-state index contributed by atoms with van der Waals surface area (Å²) in [6.07, 6.45) is 0. The molecule has 1 fully saturated rings. The van der Waals surface area contributed by atoms with E-state index in [1.807, 2.05) is 0 Å². The number of ether oxygens (including phenoxy) is 1. The predicted molar refractivity (Wildman–Crippen MR) is 80.2 cm³/mol. The lowest BCUT2D eigenvalue weighted by molar-refractivity contribution is -0.136. The molecule has 7 heteroatoms. The Kier molecular flexibility index (Phi) is 5.03. The summed E-state index contributed by atoms with van der Waals surface area (Å²) in [5, 5.41) is 3.07. The molecule has 2 rings (SSSR count). The van der Waals surface area contributed by atoms with Crippen LogP contribution < -0.4 is 11.1 Å². The van der Waals surface area contributed by atoms with Gasteiger partial charge in [-0.15, -0.1) is 0 Å². The van der Waals surface area contributed by atoms with Gasteiger partial charge < -0.3 is 20.7 Å². The molecular weight excluding hydrogens is 294 g/mol. The number of nitrogens with zero attached hydrogens (tertiary/aromatic N) is 1. The molecule has 21 heavy (non-hydrogen) atoms. The summed E-state index contributed by atoms with van der Waals surface area (Å²) in [4.78, 5) is 26.1. The number of hydrogen-bond acceptors (Lipinski definition) is 4. The van der Waals surface area contributed by atoms with Gasteiger partial charge in [-0.05, 0) is 25.1 Å². The summed E-state index contributed by atoms with van der Waals surface area (Å²) in [5.41, 5.74) is 6.34. The lowest BCUT2D eigenvalue weighted by Gasteiger charge is -2.29. The minimum absolute atomic E-state index is 0.132. The zero-order valence-corrected chi connectivity index (χ0v) is 12.5. The second-order valence-corrected chi connectivity index (χ2v) is 5.30. The summed E-state index contributed by atoms with van der Waals surface area (Å²) in [6, 6.07) is 4.02. The Morgan fingerprint density at radius 2 is 2.05 bits per heavy atom. The number of hydrogen-bond donors (Lipinski definition) is 2. The van der Waals surface area contributed by atoms with Crippen LogP contribution in [0.4, 0.5) is 5.69 Å². The second-order valence-electron chi connectivity index (χ2n) is 4.86. The Morgan fingerprint density at radius 3 is 2.71 bits per heavy atom. The first kappa shape index (κ1) is 15.6. The average Bonchev–Trinajstić information content (AvgIpc) is 2.49. The van der Waals surface area contributed by atoms with Crippen LogP contribution >= 0.6 is 11.6 Å². The number of carbonyl (C=O) groups excluding carboxylic acids is 2. The number of carbonyl (C=O) groups is 2. The van der Waals surface area contributed by atoms with Crippen LogP contribution in [0, 0.1) is 0 Å². The third kappa shape index (κ3) is 3.86. The highest BCUT2D eigenvalue weighted by Gasteiger charge is 2.24. The van der Waals surface area contributed by atoms with Crippen molar-refractivity contribution in [3.8, 4) is 0 Å². The Balaban J connectivity index is 2.01. The number of nitrogens with two attached hydrogens (primary N) is 1. The number of rotatable bonds is 3. The fourth-order valence-corrected chi connectivity index (χ4v) is 2.29. The van der Waals surface area contributed by atoms with Crippen molar-refractivity contribution < 1.29 is 14.3 Å². The zero-order chi connectivity index (χ0) is 15.4. The topological polar surface area (TPSA) is 84.7 Å². The molecule has 6 nitrogen and oxygen atoms in total. The van der Waals surface area contributed by atoms with E-state index in [1.54, 1.807) is 24.0 Å². The monoisotopic (exact) mass is 311 g/mol. The van der Waals surface area contributed by atoms with Gasteiger partial charge in [-0.3, -0.25) is 9.59 Å². The Bertz CT molecular complexity index is 544. The summed E-state index contributed by atoms with van der Waals surface area (Å²) in [6.45, 7) is 3.77. The van der Waals surface area contributed by atoms with Crippen LogP contribution in [0.2, 0.25) is 5.02 Å². The minimum Gasteiger partial charge on any atom is -0.398 e. The largest absolute Gasteiger partial charge is 0.398 e. The number of nitrogen functional groups attached to an aromatic ring is 1. The zero-order valence-electron chi connectivity index (χ0n) is 11.8. The maximum atomic E-state index is 12.2. The van der Waals surface area contributed by atoms with Gasteiger partial charge in [0.05, 0.1) is 18.8 Å². The van der Waals surface area contributed by atoms with Crippen LogP contribution in [0.3, 0.4) is 0 Å². The minimum atomic E-state index is -0.631. The van der Waals surface area contributed by atoms with Crippen molar-refractivity contribution in [2.45, 2.75) is 13.0 Å². The van der Waals surface area contributed by atoms with Crippen molar-refractivity contribution in [3.63, 3.8) is 0 Å². The van der Waals surface area contributed by atoms with E-state index in [-0.39, 0.29) is 11.5 Å². The Labute approximate surface area is 128 Å². The highest BCUT2D eigenvalue weighted by Crippen LogP contribution is 2.18. The summed E-state index contributed by atoms with van der Waals surface area (Å²) < 4.78 is 5.20. The SMILES string of the molecule is CC(NC(=O)c1cc(Cl)ccc1N)C(=O)N1CCOCC1. The fourth-order valence-electron chi connectivity index (χ4n) is 2.12. The summed E-state index contributed by atoms with van der Waals surface area (Å²) >= 11 is 5.86. The van der Waals surface area contributed by atoms with Crippen LogP contribution in [0.25, 0.3) is 0 Å². The number of morpholine rings is 1. The number of benzene rings is 1. The fraction of sp³-hybridized carbons (Fsp3) is 0.429. The molecule has 1 unspecified atom stereocenters. The van der Waals surface area contributed by atoms with Crippen LogP contribution in [-0.2, 0) is 9.53 Å². The summed E-state index contributed by atoms with van der Waals surface area (Å²) in [7, 11) is 0. The lowest BCUT2D eigenvalue weighted by Crippen LogP contribution is -2.50. The smallest absolute Gasteiger partial charge is 0.254 e. The molecular formula is C14H18ClN3O3. The summed E-state index contributed by atoms with van der Waals surface area (Å²) in [5.74, 6) is -0.545. The van der Waals surface area contributed by atoms with E-state index in [1.165, 1.54) is 6.07 Å². The number of anilines is 1. The van der Waals surface area contributed by atoms with Crippen LogP contribution in [0.1, 0.15) is 17.3 Å². The van der Waals surface area contributed by atoms with Gasteiger partial charge in [0.2, 0.25) is 5.91 Å². The molecule has 1 heterocycles. The first-order chi connectivity index (χ1) is 9.99. The van der Waals surface area contributed by atoms with Gasteiger partial charge in [0.15, 0.2) is 0 Å². The number of halogens is 1. The molecule has 0 aromatic heterocycles. The van der Waals surface area contributed by atoms with Crippen LogP contribution in [0.15, 0.2) is 18.2 Å². The van der Waals surface area contributed by atoms with E-state index >= 15 is 0 Å². The van der Waals surface area contributed by atoms with Crippen molar-refractivity contribution in [1.29, 1.82) is 0 Å². The molecule has 1 aliphatic heterocycles. The van der Waals surface area contributed by atoms with Crippen molar-refractivity contribution in [2.24, 2.45) is 0 Å². The Hall–Kier alpha value is -1.79.